The number of hydrogen-bond donors (Lipinski definition) is 3. The van der Waals surface area contributed by atoms with Gasteiger partial charge in [-0.05, 0) is 49.0 Å². The Balaban J connectivity index is 1.67. The molecule has 0 spiro atoms. The predicted octanol–water partition coefficient (Wildman–Crippen LogP) is 2.52. The number of phenolic OH excluding ortho intramolecular Hbond substituents is 1. The van der Waals surface area contributed by atoms with Crippen LogP contribution in [0.25, 0.3) is 10.9 Å². The Kier molecular flexibility index (Phi) is 4.40. The highest BCUT2D eigenvalue weighted by Gasteiger charge is 2.20. The van der Waals surface area contributed by atoms with Crippen LogP contribution in [0.5, 0.6) is 5.75 Å². The normalized spacial score (nSPS) is 14.8. The van der Waals surface area contributed by atoms with Crippen LogP contribution in [0.3, 0.4) is 0 Å². The molecule has 7 nitrogen and oxygen atoms in total. The van der Waals surface area contributed by atoms with Crippen LogP contribution in [-0.4, -0.2) is 49.2 Å². The van der Waals surface area contributed by atoms with Gasteiger partial charge in [-0.15, -0.1) is 0 Å². The van der Waals surface area contributed by atoms with E-state index in [-0.39, 0.29) is 16.3 Å². The number of aromatic nitrogens is 1. The summed E-state index contributed by atoms with van der Waals surface area (Å²) in [5, 5.41) is 13.6. The van der Waals surface area contributed by atoms with Crippen molar-refractivity contribution >= 4 is 32.3 Å². The molecular formula is C20H21N3O4S. The third-order valence-corrected chi connectivity index (χ3v) is 6.18. The number of amides is 1. The molecule has 1 aromatic heterocycles. The Morgan fingerprint density at radius 2 is 2.00 bits per heavy atom. The van der Waals surface area contributed by atoms with Crippen LogP contribution < -0.4 is 5.32 Å². The Labute approximate surface area is 162 Å². The number of benzene rings is 2. The number of phenols is 1. The van der Waals surface area contributed by atoms with Crippen molar-refractivity contribution in [3.63, 3.8) is 0 Å². The summed E-state index contributed by atoms with van der Waals surface area (Å²) in [5.41, 5.74) is 3.87. The lowest BCUT2D eigenvalue weighted by Gasteiger charge is -2.22. The zero-order chi connectivity index (χ0) is 20.1. The molecule has 8 heteroatoms. The average molecular weight is 399 g/mol. The molecule has 146 valence electrons. The summed E-state index contributed by atoms with van der Waals surface area (Å²) in [4.78, 5) is 18.4. The highest BCUT2D eigenvalue weighted by atomic mass is 32.2. The Bertz CT molecular complexity index is 1200. The smallest absolute Gasteiger partial charge is 0.255 e. The first-order valence-electron chi connectivity index (χ1n) is 8.89. The molecule has 2 aromatic carbocycles. The molecule has 0 atom stereocenters. The van der Waals surface area contributed by atoms with Gasteiger partial charge in [0.15, 0.2) is 9.84 Å². The molecule has 1 amide bonds. The molecule has 0 aliphatic carbocycles. The summed E-state index contributed by atoms with van der Waals surface area (Å²) < 4.78 is 23.5. The fraction of sp³-hybridized carbons (Fsp3) is 0.250. The highest BCUT2D eigenvalue weighted by Crippen LogP contribution is 2.30. The number of sulfone groups is 1. The molecule has 0 saturated carbocycles. The number of carbonyl (C=O) groups excluding carboxylic acids is 1. The molecule has 0 radical (unpaired) electrons. The fourth-order valence-corrected chi connectivity index (χ4v) is 4.18. The number of anilines is 1. The van der Waals surface area contributed by atoms with E-state index in [2.05, 4.69) is 22.2 Å². The van der Waals surface area contributed by atoms with Gasteiger partial charge < -0.3 is 20.3 Å². The zero-order valence-electron chi connectivity index (χ0n) is 15.6. The van der Waals surface area contributed by atoms with E-state index >= 15 is 0 Å². The van der Waals surface area contributed by atoms with Crippen molar-refractivity contribution in [1.29, 1.82) is 0 Å². The van der Waals surface area contributed by atoms with Crippen LogP contribution in [0.4, 0.5) is 5.69 Å². The van der Waals surface area contributed by atoms with Gasteiger partial charge in [0.2, 0.25) is 0 Å². The van der Waals surface area contributed by atoms with Gasteiger partial charge in [-0.2, -0.15) is 0 Å². The van der Waals surface area contributed by atoms with Crippen LogP contribution in [-0.2, 0) is 22.8 Å². The molecule has 2 heterocycles. The SMILES string of the molecule is CN1CCc2[nH]c3ccc(C(=O)Nc4cc(S(C)(=O)=O)ccc4O)cc3c2C1. The first kappa shape index (κ1) is 18.5. The number of fused-ring (bicyclic) bond motifs is 3. The minimum Gasteiger partial charge on any atom is -0.506 e. The molecule has 4 rings (SSSR count). The van der Waals surface area contributed by atoms with Gasteiger partial charge >= 0.3 is 0 Å². The standard InChI is InChI=1S/C20H21N3O4S/c1-23-8-7-17-15(11-23)14-9-12(3-5-16(14)21-17)20(25)22-18-10-13(28(2,26)27)4-6-19(18)24/h3-6,9-10,21,24H,7-8,11H2,1-2H3,(H,22,25). The second-order valence-corrected chi connectivity index (χ2v) is 9.25. The van der Waals surface area contributed by atoms with E-state index in [0.717, 1.165) is 36.7 Å². The minimum atomic E-state index is -3.45. The molecule has 3 aromatic rings. The van der Waals surface area contributed by atoms with Gasteiger partial charge in [-0.1, -0.05) is 0 Å². The Morgan fingerprint density at radius 1 is 1.21 bits per heavy atom. The number of nitrogens with zero attached hydrogens (tertiary/aromatic N) is 1. The van der Waals surface area contributed by atoms with Crippen LogP contribution in [0, 0.1) is 0 Å². The fourth-order valence-electron chi connectivity index (χ4n) is 3.53. The van der Waals surface area contributed by atoms with Crippen molar-refractivity contribution in [2.75, 3.05) is 25.2 Å². The van der Waals surface area contributed by atoms with Crippen molar-refractivity contribution in [2.45, 2.75) is 17.9 Å². The molecule has 1 aliphatic heterocycles. The lowest BCUT2D eigenvalue weighted by Crippen LogP contribution is -2.26. The van der Waals surface area contributed by atoms with Gasteiger partial charge in [0, 0.05) is 47.9 Å². The summed E-state index contributed by atoms with van der Waals surface area (Å²) in [6, 6.07) is 9.23. The van der Waals surface area contributed by atoms with E-state index < -0.39 is 15.7 Å². The average Bonchev–Trinajstić information content (AvgIpc) is 2.99. The molecule has 3 N–H and O–H groups in total. The lowest BCUT2D eigenvalue weighted by molar-refractivity contribution is 0.102. The molecule has 0 saturated heterocycles. The predicted molar refractivity (Wildman–Crippen MR) is 108 cm³/mol. The van der Waals surface area contributed by atoms with Gasteiger partial charge in [-0.25, -0.2) is 8.42 Å². The number of nitrogens with one attached hydrogen (secondary N) is 2. The van der Waals surface area contributed by atoms with Crippen molar-refractivity contribution in [3.05, 3.63) is 53.2 Å². The third-order valence-electron chi connectivity index (χ3n) is 5.07. The van der Waals surface area contributed by atoms with Crippen molar-refractivity contribution in [2.24, 2.45) is 0 Å². The summed E-state index contributed by atoms with van der Waals surface area (Å²) >= 11 is 0. The molecule has 0 bridgehead atoms. The van der Waals surface area contributed by atoms with E-state index in [1.165, 1.54) is 29.5 Å². The minimum absolute atomic E-state index is 0.0267. The first-order chi connectivity index (χ1) is 13.2. The van der Waals surface area contributed by atoms with E-state index in [1.807, 2.05) is 12.1 Å². The zero-order valence-corrected chi connectivity index (χ0v) is 16.4. The molecule has 28 heavy (non-hydrogen) atoms. The van der Waals surface area contributed by atoms with Crippen LogP contribution in [0.2, 0.25) is 0 Å². The molecular weight excluding hydrogens is 378 g/mol. The van der Waals surface area contributed by atoms with Crippen LogP contribution >= 0.6 is 0 Å². The quantitative estimate of drug-likeness (QED) is 0.588. The lowest BCUT2D eigenvalue weighted by atomic mass is 10.0. The summed E-state index contributed by atoms with van der Waals surface area (Å²) in [6.45, 7) is 1.81. The number of carbonyl (C=O) groups is 1. The van der Waals surface area contributed by atoms with Crippen molar-refractivity contribution in [3.8, 4) is 5.75 Å². The third kappa shape index (κ3) is 3.36. The molecule has 1 aliphatic rings. The number of aromatic hydroxyl groups is 1. The summed E-state index contributed by atoms with van der Waals surface area (Å²) in [6.07, 6.45) is 2.01. The number of aromatic amines is 1. The first-order valence-corrected chi connectivity index (χ1v) is 10.8. The Hall–Kier alpha value is -2.84. The maximum atomic E-state index is 12.7. The second-order valence-electron chi connectivity index (χ2n) is 7.24. The topological polar surface area (TPSA) is 103 Å². The number of H-pyrrole nitrogens is 1. The van der Waals surface area contributed by atoms with E-state index in [0.29, 0.717) is 5.56 Å². The Morgan fingerprint density at radius 3 is 2.75 bits per heavy atom. The molecule has 0 fully saturated rings. The van der Waals surface area contributed by atoms with Gasteiger partial charge in [0.05, 0.1) is 10.6 Å². The monoisotopic (exact) mass is 399 g/mol. The number of likely N-dealkylation sites (N-methyl/N-ethyl adjacent to an activating group) is 1. The highest BCUT2D eigenvalue weighted by molar-refractivity contribution is 7.90. The van der Waals surface area contributed by atoms with Crippen molar-refractivity contribution in [1.82, 2.24) is 9.88 Å². The van der Waals surface area contributed by atoms with E-state index in [1.54, 1.807) is 6.07 Å². The second kappa shape index (κ2) is 6.65. The number of rotatable bonds is 3. The van der Waals surface area contributed by atoms with E-state index in [4.69, 9.17) is 0 Å². The summed E-state index contributed by atoms with van der Waals surface area (Å²) in [7, 11) is -1.39. The molecule has 0 unspecified atom stereocenters. The maximum absolute atomic E-state index is 12.7. The van der Waals surface area contributed by atoms with Gasteiger partial charge in [0.1, 0.15) is 5.75 Å². The van der Waals surface area contributed by atoms with Crippen LogP contribution in [0.1, 0.15) is 21.6 Å². The largest absolute Gasteiger partial charge is 0.506 e. The van der Waals surface area contributed by atoms with Gasteiger partial charge in [0.25, 0.3) is 5.91 Å². The maximum Gasteiger partial charge on any atom is 0.255 e. The van der Waals surface area contributed by atoms with Gasteiger partial charge in [-0.3, -0.25) is 4.79 Å². The van der Waals surface area contributed by atoms with E-state index in [9.17, 15) is 18.3 Å². The summed E-state index contributed by atoms with van der Waals surface area (Å²) in [5.74, 6) is -0.607. The van der Waals surface area contributed by atoms with Crippen molar-refractivity contribution < 1.29 is 18.3 Å². The number of hydrogen-bond acceptors (Lipinski definition) is 5. The van der Waals surface area contributed by atoms with Crippen LogP contribution in [0.15, 0.2) is 41.3 Å².